The molecule has 1 aliphatic heterocycles. The third-order valence-electron chi connectivity index (χ3n) is 3.00. The minimum atomic E-state index is -0.160. The first-order valence-corrected chi connectivity index (χ1v) is 5.99. The molecule has 0 saturated carbocycles. The monoisotopic (exact) mass is 255 g/mol. The van der Waals surface area contributed by atoms with Crippen molar-refractivity contribution in [2.75, 3.05) is 6.54 Å². The van der Waals surface area contributed by atoms with E-state index in [1.807, 2.05) is 6.92 Å². The number of carbonyl (C=O) groups is 3. The van der Waals surface area contributed by atoms with Gasteiger partial charge in [-0.2, -0.15) is 0 Å². The first-order valence-electron chi connectivity index (χ1n) is 5.99. The van der Waals surface area contributed by atoms with Crippen LogP contribution in [0, 0.1) is 18.8 Å². The van der Waals surface area contributed by atoms with Crippen molar-refractivity contribution in [1.82, 2.24) is 4.90 Å². The average molecular weight is 255 g/mol. The fourth-order valence-corrected chi connectivity index (χ4v) is 1.91. The molecular weight excluding hydrogens is 242 g/mol. The number of imide groups is 1. The quantitative estimate of drug-likeness (QED) is 0.455. The first-order chi connectivity index (χ1) is 9.11. The number of amides is 2. The number of aldehydes is 1. The zero-order valence-electron chi connectivity index (χ0n) is 10.6. The number of likely N-dealkylation sites (tertiary alicyclic amines) is 1. The molecule has 0 N–H and O–H groups in total. The Morgan fingerprint density at radius 2 is 1.95 bits per heavy atom. The van der Waals surface area contributed by atoms with Crippen molar-refractivity contribution < 1.29 is 14.4 Å². The second-order valence-electron chi connectivity index (χ2n) is 4.37. The molecule has 0 aromatic heterocycles. The van der Waals surface area contributed by atoms with Gasteiger partial charge in [0.1, 0.15) is 6.29 Å². The SMILES string of the molecule is Cc1cc(C=O)ccc1C#CCN1C(=O)CCC1=O. The van der Waals surface area contributed by atoms with Crippen LogP contribution in [0.1, 0.15) is 34.3 Å². The molecular formula is C15H13NO3. The Bertz CT molecular complexity index is 592. The zero-order chi connectivity index (χ0) is 13.8. The summed E-state index contributed by atoms with van der Waals surface area (Å²) in [6, 6.07) is 5.21. The molecule has 4 nitrogen and oxygen atoms in total. The average Bonchev–Trinajstić information content (AvgIpc) is 2.72. The molecule has 19 heavy (non-hydrogen) atoms. The molecule has 0 spiro atoms. The number of aryl methyl sites for hydroxylation is 1. The van der Waals surface area contributed by atoms with E-state index < -0.39 is 0 Å². The summed E-state index contributed by atoms with van der Waals surface area (Å²) in [5.41, 5.74) is 2.30. The Labute approximate surface area is 111 Å². The molecule has 0 atom stereocenters. The maximum atomic E-state index is 11.4. The standard InChI is InChI=1S/C15H13NO3/c1-11-9-12(10-17)4-5-13(11)3-2-8-16-14(18)6-7-15(16)19/h4-5,9-10H,6-8H2,1H3. The van der Waals surface area contributed by atoms with Gasteiger partial charge in [0.2, 0.25) is 11.8 Å². The zero-order valence-corrected chi connectivity index (χ0v) is 10.6. The highest BCUT2D eigenvalue weighted by atomic mass is 16.2. The molecule has 4 heteroatoms. The third kappa shape index (κ3) is 2.89. The van der Waals surface area contributed by atoms with Crippen LogP contribution in [0.25, 0.3) is 0 Å². The fourth-order valence-electron chi connectivity index (χ4n) is 1.91. The minimum absolute atomic E-state index is 0.131. The maximum Gasteiger partial charge on any atom is 0.230 e. The number of benzene rings is 1. The predicted molar refractivity (Wildman–Crippen MR) is 69.4 cm³/mol. The van der Waals surface area contributed by atoms with Gasteiger partial charge in [-0.1, -0.05) is 17.9 Å². The second kappa shape index (κ2) is 5.49. The number of hydrogen-bond donors (Lipinski definition) is 0. The van der Waals surface area contributed by atoms with Crippen LogP contribution in [-0.4, -0.2) is 29.5 Å². The Hall–Kier alpha value is -2.41. The number of carbonyl (C=O) groups excluding carboxylic acids is 3. The van der Waals surface area contributed by atoms with Crippen molar-refractivity contribution >= 4 is 18.1 Å². The van der Waals surface area contributed by atoms with E-state index in [0.29, 0.717) is 5.56 Å². The first kappa shape index (κ1) is 13.0. The van der Waals surface area contributed by atoms with Gasteiger partial charge in [0.05, 0.1) is 6.54 Å². The summed E-state index contributed by atoms with van der Waals surface area (Å²) in [5.74, 6) is 5.43. The summed E-state index contributed by atoms with van der Waals surface area (Å²) in [5, 5.41) is 0. The lowest BCUT2D eigenvalue weighted by Crippen LogP contribution is -2.29. The van der Waals surface area contributed by atoms with Crippen LogP contribution in [0.5, 0.6) is 0 Å². The number of rotatable bonds is 2. The molecule has 0 bridgehead atoms. The molecule has 0 radical (unpaired) electrons. The minimum Gasteiger partial charge on any atom is -0.298 e. The van der Waals surface area contributed by atoms with Gasteiger partial charge in [0, 0.05) is 24.0 Å². The Balaban J connectivity index is 2.10. The second-order valence-corrected chi connectivity index (χ2v) is 4.37. The van der Waals surface area contributed by atoms with Crippen LogP contribution in [0.2, 0.25) is 0 Å². The van der Waals surface area contributed by atoms with Crippen molar-refractivity contribution in [3.05, 3.63) is 34.9 Å². The lowest BCUT2D eigenvalue weighted by molar-refractivity contribution is -0.137. The predicted octanol–water partition coefficient (Wildman–Crippen LogP) is 1.31. The van der Waals surface area contributed by atoms with Crippen LogP contribution < -0.4 is 0 Å². The van der Waals surface area contributed by atoms with Gasteiger partial charge in [-0.25, -0.2) is 0 Å². The van der Waals surface area contributed by atoms with Gasteiger partial charge >= 0.3 is 0 Å². The lowest BCUT2D eigenvalue weighted by Gasteiger charge is -2.08. The Morgan fingerprint density at radius 3 is 2.53 bits per heavy atom. The van der Waals surface area contributed by atoms with E-state index in [1.165, 1.54) is 4.90 Å². The smallest absolute Gasteiger partial charge is 0.230 e. The van der Waals surface area contributed by atoms with Crippen molar-refractivity contribution in [1.29, 1.82) is 0 Å². The molecule has 1 aromatic rings. The van der Waals surface area contributed by atoms with Gasteiger partial charge in [0.25, 0.3) is 0 Å². The van der Waals surface area contributed by atoms with E-state index in [-0.39, 0.29) is 31.2 Å². The largest absolute Gasteiger partial charge is 0.298 e. The van der Waals surface area contributed by atoms with Crippen molar-refractivity contribution in [3.63, 3.8) is 0 Å². The highest BCUT2D eigenvalue weighted by molar-refractivity contribution is 6.02. The third-order valence-corrected chi connectivity index (χ3v) is 3.00. The van der Waals surface area contributed by atoms with Gasteiger partial charge in [-0.3, -0.25) is 19.3 Å². The van der Waals surface area contributed by atoms with E-state index in [2.05, 4.69) is 11.8 Å². The lowest BCUT2D eigenvalue weighted by atomic mass is 10.1. The highest BCUT2D eigenvalue weighted by Gasteiger charge is 2.27. The summed E-state index contributed by atoms with van der Waals surface area (Å²) >= 11 is 0. The van der Waals surface area contributed by atoms with Crippen LogP contribution in [-0.2, 0) is 9.59 Å². The summed E-state index contributed by atoms with van der Waals surface area (Å²) in [6.45, 7) is 2.00. The highest BCUT2D eigenvalue weighted by Crippen LogP contribution is 2.11. The molecule has 1 aromatic carbocycles. The van der Waals surface area contributed by atoms with Crippen molar-refractivity contribution in [3.8, 4) is 11.8 Å². The van der Waals surface area contributed by atoms with Crippen molar-refractivity contribution in [2.45, 2.75) is 19.8 Å². The van der Waals surface area contributed by atoms with Crippen LogP contribution >= 0.6 is 0 Å². The normalized spacial score (nSPS) is 14.3. The van der Waals surface area contributed by atoms with E-state index in [0.717, 1.165) is 17.4 Å². The van der Waals surface area contributed by atoms with Crippen LogP contribution in [0.15, 0.2) is 18.2 Å². The van der Waals surface area contributed by atoms with E-state index in [4.69, 9.17) is 0 Å². The summed E-state index contributed by atoms with van der Waals surface area (Å²) in [4.78, 5) is 34.5. The molecule has 1 saturated heterocycles. The maximum absolute atomic E-state index is 11.4. The van der Waals surface area contributed by atoms with Crippen LogP contribution in [0.4, 0.5) is 0 Å². The van der Waals surface area contributed by atoms with Crippen molar-refractivity contribution in [2.24, 2.45) is 0 Å². The molecule has 0 unspecified atom stereocenters. The molecule has 2 rings (SSSR count). The Kier molecular flexibility index (Phi) is 3.76. The molecule has 2 amide bonds. The topological polar surface area (TPSA) is 54.5 Å². The molecule has 96 valence electrons. The van der Waals surface area contributed by atoms with Gasteiger partial charge in [0.15, 0.2) is 0 Å². The number of nitrogens with zero attached hydrogens (tertiary/aromatic N) is 1. The van der Waals surface area contributed by atoms with Crippen LogP contribution in [0.3, 0.4) is 0 Å². The van der Waals surface area contributed by atoms with Gasteiger partial charge in [-0.05, 0) is 24.6 Å². The van der Waals surface area contributed by atoms with Gasteiger partial charge in [-0.15, -0.1) is 0 Å². The molecule has 0 aliphatic carbocycles. The summed E-state index contributed by atoms with van der Waals surface area (Å²) < 4.78 is 0. The summed E-state index contributed by atoms with van der Waals surface area (Å²) in [7, 11) is 0. The summed E-state index contributed by atoms with van der Waals surface area (Å²) in [6.07, 6.45) is 1.35. The van der Waals surface area contributed by atoms with E-state index >= 15 is 0 Å². The van der Waals surface area contributed by atoms with E-state index in [9.17, 15) is 14.4 Å². The fraction of sp³-hybridized carbons (Fsp3) is 0.267. The number of hydrogen-bond acceptors (Lipinski definition) is 3. The Morgan fingerprint density at radius 1 is 1.26 bits per heavy atom. The van der Waals surface area contributed by atoms with E-state index in [1.54, 1.807) is 18.2 Å². The van der Waals surface area contributed by atoms with Gasteiger partial charge < -0.3 is 0 Å². The molecule has 1 aliphatic rings. The molecule has 1 fully saturated rings. The molecule has 1 heterocycles.